The van der Waals surface area contributed by atoms with Crippen LogP contribution in [0.2, 0.25) is 0 Å². The Labute approximate surface area is 177 Å². The third-order valence-corrected chi connectivity index (χ3v) is 5.46. The van der Waals surface area contributed by atoms with Gasteiger partial charge in [-0.2, -0.15) is 0 Å². The number of phenols is 2. The molecule has 0 saturated heterocycles. The van der Waals surface area contributed by atoms with Gasteiger partial charge in [0.2, 0.25) is 0 Å². The fraction of sp³-hybridized carbons (Fsp3) is 0.320. The van der Waals surface area contributed by atoms with E-state index < -0.39 is 11.7 Å². The lowest BCUT2D eigenvalue weighted by Gasteiger charge is -2.40. The second kappa shape index (κ2) is 8.76. The zero-order valence-corrected chi connectivity index (χ0v) is 17.6. The van der Waals surface area contributed by atoms with Crippen molar-refractivity contribution in [3.05, 3.63) is 70.8 Å². The quantitative estimate of drug-likeness (QED) is 0.363. The van der Waals surface area contributed by atoms with Gasteiger partial charge in [0, 0.05) is 12.0 Å². The van der Waals surface area contributed by atoms with E-state index in [1.807, 2.05) is 20.8 Å². The van der Waals surface area contributed by atoms with Crippen molar-refractivity contribution >= 4 is 11.9 Å². The average Bonchev–Trinajstić information content (AvgIpc) is 2.69. The molecule has 0 aliphatic carbocycles. The van der Waals surface area contributed by atoms with E-state index in [4.69, 9.17) is 4.74 Å². The van der Waals surface area contributed by atoms with Crippen molar-refractivity contribution in [2.75, 3.05) is 0 Å². The number of hydrogen-bond donors (Lipinski definition) is 3. The molecule has 1 aliphatic rings. The van der Waals surface area contributed by atoms with Crippen LogP contribution in [0.15, 0.2) is 54.1 Å². The second-order valence-electron chi connectivity index (χ2n) is 8.18. The summed E-state index contributed by atoms with van der Waals surface area (Å²) in [5.41, 5.74) is 1.82. The summed E-state index contributed by atoms with van der Waals surface area (Å²) in [7, 11) is 0. The molecule has 0 amide bonds. The smallest absolute Gasteiger partial charge is 0.189 e. The number of aliphatic hydroxyl groups excluding tert-OH is 1. The lowest BCUT2D eigenvalue weighted by atomic mass is 9.84. The van der Waals surface area contributed by atoms with Crippen LogP contribution >= 0.6 is 0 Å². The van der Waals surface area contributed by atoms with Gasteiger partial charge in [0.25, 0.3) is 0 Å². The van der Waals surface area contributed by atoms with Crippen molar-refractivity contribution in [1.29, 1.82) is 0 Å². The van der Waals surface area contributed by atoms with Crippen molar-refractivity contribution < 1.29 is 24.9 Å². The van der Waals surface area contributed by atoms with Gasteiger partial charge in [-0.15, -0.1) is 0 Å². The number of ether oxygens (including phenoxy) is 1. The molecule has 0 saturated carbocycles. The van der Waals surface area contributed by atoms with Gasteiger partial charge < -0.3 is 20.1 Å². The molecule has 5 nitrogen and oxygen atoms in total. The van der Waals surface area contributed by atoms with E-state index in [0.717, 1.165) is 12.0 Å². The molecule has 0 fully saturated rings. The monoisotopic (exact) mass is 408 g/mol. The second-order valence-corrected chi connectivity index (χ2v) is 8.18. The summed E-state index contributed by atoms with van der Waals surface area (Å²) in [6.07, 6.45) is 5.96. The number of phenolic OH excluding ortho intramolecular Hbond substituents is 2. The Morgan fingerprint density at radius 1 is 1.17 bits per heavy atom. The normalized spacial score (nSPS) is 20.5. The Hall–Kier alpha value is -3.05. The molecule has 0 spiro atoms. The number of carbonyl (C=O) groups is 1. The molecule has 30 heavy (non-hydrogen) atoms. The van der Waals surface area contributed by atoms with Gasteiger partial charge in [-0.05, 0) is 69.5 Å². The molecule has 1 aliphatic heterocycles. The zero-order chi connectivity index (χ0) is 21.9. The van der Waals surface area contributed by atoms with E-state index in [0.29, 0.717) is 17.7 Å². The van der Waals surface area contributed by atoms with E-state index in [1.165, 1.54) is 23.8 Å². The van der Waals surface area contributed by atoms with Crippen molar-refractivity contribution in [3.63, 3.8) is 0 Å². The van der Waals surface area contributed by atoms with E-state index in [9.17, 15) is 20.1 Å². The first-order valence-electron chi connectivity index (χ1n) is 10.1. The molecule has 0 radical (unpaired) electrons. The highest BCUT2D eigenvalue weighted by Crippen LogP contribution is 2.41. The molecular formula is C25H28O5. The molecule has 2 aromatic carbocycles. The van der Waals surface area contributed by atoms with Crippen LogP contribution < -0.4 is 4.74 Å². The molecule has 2 atom stereocenters. The van der Waals surface area contributed by atoms with Crippen molar-refractivity contribution in [1.82, 2.24) is 0 Å². The highest BCUT2D eigenvalue weighted by Gasteiger charge is 2.40. The highest BCUT2D eigenvalue weighted by molar-refractivity contribution is 6.09. The Morgan fingerprint density at radius 2 is 1.87 bits per heavy atom. The maximum atomic E-state index is 12.6. The molecule has 0 bridgehead atoms. The Bertz CT molecular complexity index is 983. The van der Waals surface area contributed by atoms with Crippen LogP contribution in [-0.4, -0.2) is 32.8 Å². The molecule has 0 aromatic heterocycles. The van der Waals surface area contributed by atoms with Gasteiger partial charge in [0.1, 0.15) is 22.8 Å². The summed E-state index contributed by atoms with van der Waals surface area (Å²) in [4.78, 5) is 12.6. The largest absolute Gasteiger partial charge is 0.508 e. The Balaban J connectivity index is 1.80. The minimum Gasteiger partial charge on any atom is -0.508 e. The van der Waals surface area contributed by atoms with Crippen molar-refractivity contribution in [2.45, 2.75) is 51.7 Å². The number of fused-ring (bicyclic) bond motifs is 1. The van der Waals surface area contributed by atoms with Gasteiger partial charge in [-0.3, -0.25) is 4.79 Å². The third kappa shape index (κ3) is 4.74. The summed E-state index contributed by atoms with van der Waals surface area (Å²) in [5.74, 6) is 0.141. The van der Waals surface area contributed by atoms with Crippen molar-refractivity contribution in [3.8, 4) is 17.2 Å². The fourth-order valence-electron chi connectivity index (χ4n) is 3.55. The molecule has 5 heteroatoms. The number of ketones is 1. The first kappa shape index (κ1) is 21.7. The van der Waals surface area contributed by atoms with Crippen LogP contribution in [0.3, 0.4) is 0 Å². The number of carbonyl (C=O) groups excluding carboxylic acids is 1. The topological polar surface area (TPSA) is 87.0 Å². The molecule has 0 unspecified atom stereocenters. The number of aromatic hydroxyl groups is 2. The summed E-state index contributed by atoms with van der Waals surface area (Å²) < 4.78 is 6.08. The molecular weight excluding hydrogens is 380 g/mol. The Kier molecular flexibility index (Phi) is 6.32. The number of hydrogen-bond acceptors (Lipinski definition) is 5. The van der Waals surface area contributed by atoms with Crippen LogP contribution in [0.1, 0.15) is 55.1 Å². The van der Waals surface area contributed by atoms with Gasteiger partial charge in [-0.25, -0.2) is 0 Å². The summed E-state index contributed by atoms with van der Waals surface area (Å²) in [6, 6.07) is 9.67. The lowest BCUT2D eigenvalue weighted by Crippen LogP contribution is -2.48. The van der Waals surface area contributed by atoms with Gasteiger partial charge in [0.15, 0.2) is 5.78 Å². The van der Waals surface area contributed by atoms with Crippen LogP contribution in [0.25, 0.3) is 6.08 Å². The Morgan fingerprint density at radius 3 is 2.53 bits per heavy atom. The third-order valence-electron chi connectivity index (χ3n) is 5.46. The minimum atomic E-state index is -0.792. The number of aliphatic hydroxyl groups is 1. The van der Waals surface area contributed by atoms with Crippen LogP contribution in [-0.2, 0) is 6.42 Å². The predicted octanol–water partition coefficient (Wildman–Crippen LogP) is 4.79. The minimum absolute atomic E-state index is 0.150. The maximum absolute atomic E-state index is 12.6. The maximum Gasteiger partial charge on any atom is 0.189 e. The van der Waals surface area contributed by atoms with E-state index in [-0.39, 0.29) is 29.3 Å². The fourth-order valence-corrected chi connectivity index (χ4v) is 3.55. The van der Waals surface area contributed by atoms with E-state index >= 15 is 0 Å². The summed E-state index contributed by atoms with van der Waals surface area (Å²) >= 11 is 0. The first-order chi connectivity index (χ1) is 14.2. The van der Waals surface area contributed by atoms with Crippen molar-refractivity contribution in [2.24, 2.45) is 0 Å². The standard InChI is InChI=1S/C25H28O5/c1-16(2)5-4-14-25(3)23(28)15-20-22(30-25)13-11-19(24(20)29)21(27)12-8-17-6-9-18(26)10-7-17/h5-13,23,26,28-29H,4,14-15H2,1-3H3/b12-8+/t23-,25-/m1/s1. The first-order valence-corrected chi connectivity index (χ1v) is 10.1. The van der Waals surface area contributed by atoms with E-state index in [2.05, 4.69) is 6.08 Å². The number of allylic oxidation sites excluding steroid dienone is 3. The lowest BCUT2D eigenvalue weighted by molar-refractivity contribution is -0.0592. The molecule has 3 rings (SSSR count). The highest BCUT2D eigenvalue weighted by atomic mass is 16.5. The molecule has 2 aromatic rings. The van der Waals surface area contributed by atoms with Crippen LogP contribution in [0.5, 0.6) is 17.2 Å². The SMILES string of the molecule is CC(C)=CCC[C@@]1(C)Oc2ccc(C(=O)/C=C/c3ccc(O)cc3)c(O)c2C[C@H]1O. The van der Waals surface area contributed by atoms with Gasteiger partial charge in [0.05, 0.1) is 11.7 Å². The zero-order valence-electron chi connectivity index (χ0n) is 17.6. The summed E-state index contributed by atoms with van der Waals surface area (Å²) in [6.45, 7) is 5.93. The summed E-state index contributed by atoms with van der Waals surface area (Å²) in [5, 5.41) is 30.7. The molecule has 1 heterocycles. The number of rotatable bonds is 6. The van der Waals surface area contributed by atoms with Gasteiger partial charge in [-0.1, -0.05) is 29.9 Å². The predicted molar refractivity (Wildman–Crippen MR) is 117 cm³/mol. The van der Waals surface area contributed by atoms with Crippen LogP contribution in [0, 0.1) is 0 Å². The van der Waals surface area contributed by atoms with Crippen LogP contribution in [0.4, 0.5) is 0 Å². The number of benzene rings is 2. The average molecular weight is 408 g/mol. The molecule has 158 valence electrons. The van der Waals surface area contributed by atoms with Gasteiger partial charge >= 0.3 is 0 Å². The van der Waals surface area contributed by atoms with E-state index in [1.54, 1.807) is 30.3 Å². The molecule has 3 N–H and O–H groups in total.